The smallest absolute Gasteiger partial charge is 0.323 e. The molecule has 0 bridgehead atoms. The molecule has 2 rings (SSSR count). The third-order valence-electron chi connectivity index (χ3n) is 2.99. The Balaban J connectivity index is 1.96. The number of aliphatic carboxylic acids is 1. The molecule has 1 aliphatic heterocycles. The van der Waals surface area contributed by atoms with E-state index in [0.29, 0.717) is 6.54 Å². The van der Waals surface area contributed by atoms with Crippen molar-refractivity contribution in [3.8, 4) is 0 Å². The lowest BCUT2D eigenvalue weighted by molar-refractivity contribution is -0.146. The molecule has 2 fully saturated rings. The molecule has 1 unspecified atom stereocenters. The van der Waals surface area contributed by atoms with Gasteiger partial charge in [0.25, 0.3) is 0 Å². The molecule has 0 spiro atoms. The van der Waals surface area contributed by atoms with Crippen LogP contribution in [0.2, 0.25) is 0 Å². The highest BCUT2D eigenvalue weighted by atomic mass is 16.4. The lowest BCUT2D eigenvalue weighted by Gasteiger charge is -2.23. The summed E-state index contributed by atoms with van der Waals surface area (Å²) < 4.78 is 0. The van der Waals surface area contributed by atoms with Crippen molar-refractivity contribution in [3.05, 3.63) is 0 Å². The van der Waals surface area contributed by atoms with Crippen LogP contribution in [0.4, 0.5) is 0 Å². The van der Waals surface area contributed by atoms with Crippen LogP contribution in [0.3, 0.4) is 0 Å². The molecule has 15 heavy (non-hydrogen) atoms. The Morgan fingerprint density at radius 2 is 2.07 bits per heavy atom. The van der Waals surface area contributed by atoms with Gasteiger partial charge in [-0.3, -0.25) is 9.59 Å². The zero-order valence-corrected chi connectivity index (χ0v) is 8.61. The van der Waals surface area contributed by atoms with E-state index in [2.05, 4.69) is 5.32 Å². The summed E-state index contributed by atoms with van der Waals surface area (Å²) in [4.78, 5) is 24.2. The molecule has 0 aromatic heterocycles. The van der Waals surface area contributed by atoms with E-state index in [1.807, 2.05) is 0 Å². The molecule has 5 heteroatoms. The van der Waals surface area contributed by atoms with Crippen LogP contribution in [0.15, 0.2) is 0 Å². The van der Waals surface area contributed by atoms with Crippen LogP contribution in [0.5, 0.6) is 0 Å². The van der Waals surface area contributed by atoms with Gasteiger partial charge in [0.1, 0.15) is 6.54 Å². The molecule has 0 aromatic carbocycles. The predicted molar refractivity (Wildman–Crippen MR) is 53.3 cm³/mol. The minimum atomic E-state index is -0.916. The molecule has 1 aliphatic carbocycles. The lowest BCUT2D eigenvalue weighted by Crippen LogP contribution is -2.41. The Morgan fingerprint density at radius 3 is 2.53 bits per heavy atom. The summed E-state index contributed by atoms with van der Waals surface area (Å²) in [5.41, 5.74) is 0. The Labute approximate surface area is 88.4 Å². The highest BCUT2D eigenvalue weighted by molar-refractivity contribution is 5.84. The molecule has 0 radical (unpaired) electrons. The van der Waals surface area contributed by atoms with Gasteiger partial charge in [0.15, 0.2) is 0 Å². The largest absolute Gasteiger partial charge is 0.480 e. The van der Waals surface area contributed by atoms with E-state index >= 15 is 0 Å². The molecule has 1 saturated carbocycles. The van der Waals surface area contributed by atoms with Crippen LogP contribution >= 0.6 is 0 Å². The van der Waals surface area contributed by atoms with Gasteiger partial charge in [0.2, 0.25) is 5.91 Å². The maximum atomic E-state index is 12.0. The first-order chi connectivity index (χ1) is 7.18. The average Bonchev–Trinajstić information content (AvgIpc) is 2.88. The van der Waals surface area contributed by atoms with Crippen molar-refractivity contribution in [1.29, 1.82) is 0 Å². The van der Waals surface area contributed by atoms with E-state index in [1.165, 1.54) is 0 Å². The van der Waals surface area contributed by atoms with Gasteiger partial charge in [-0.15, -0.1) is 0 Å². The quantitative estimate of drug-likeness (QED) is 0.669. The van der Waals surface area contributed by atoms with E-state index in [0.717, 1.165) is 25.8 Å². The van der Waals surface area contributed by atoms with Gasteiger partial charge in [-0.1, -0.05) is 0 Å². The standard InChI is InChI=1S/C10H16N2O3/c13-9(14)6-12(8-1-2-8)10(15)7-3-4-11-5-7/h7-8,11H,1-6H2,(H,13,14). The summed E-state index contributed by atoms with van der Waals surface area (Å²) >= 11 is 0. The van der Waals surface area contributed by atoms with Gasteiger partial charge in [-0.25, -0.2) is 0 Å². The lowest BCUT2D eigenvalue weighted by atomic mass is 10.1. The Morgan fingerprint density at radius 1 is 1.33 bits per heavy atom. The minimum absolute atomic E-state index is 0.00931. The second-order valence-electron chi connectivity index (χ2n) is 4.28. The van der Waals surface area contributed by atoms with Crippen LogP contribution < -0.4 is 5.32 Å². The number of hydrogen-bond donors (Lipinski definition) is 2. The number of carboxylic acids is 1. The van der Waals surface area contributed by atoms with Gasteiger partial charge < -0.3 is 15.3 Å². The van der Waals surface area contributed by atoms with Crippen molar-refractivity contribution in [2.75, 3.05) is 19.6 Å². The molecule has 0 aromatic rings. The number of carbonyl (C=O) groups excluding carboxylic acids is 1. The number of carboxylic acid groups (broad SMARTS) is 1. The van der Waals surface area contributed by atoms with Crippen LogP contribution in [0.1, 0.15) is 19.3 Å². The number of amides is 1. The molecule has 1 atom stereocenters. The minimum Gasteiger partial charge on any atom is -0.480 e. The number of carbonyl (C=O) groups is 2. The topological polar surface area (TPSA) is 69.6 Å². The SMILES string of the molecule is O=C(O)CN(C(=O)C1CCNC1)C1CC1. The zero-order chi connectivity index (χ0) is 10.8. The fourth-order valence-corrected chi connectivity index (χ4v) is 2.02. The Bertz CT molecular complexity index is 270. The van der Waals surface area contributed by atoms with Gasteiger partial charge >= 0.3 is 5.97 Å². The molecular weight excluding hydrogens is 196 g/mol. The summed E-state index contributed by atoms with van der Waals surface area (Å²) in [6.45, 7) is 1.42. The summed E-state index contributed by atoms with van der Waals surface area (Å²) in [5.74, 6) is -0.906. The van der Waals surface area contributed by atoms with Crippen LogP contribution in [0, 0.1) is 5.92 Å². The Kier molecular flexibility index (Phi) is 2.90. The van der Waals surface area contributed by atoms with Crippen LogP contribution in [0.25, 0.3) is 0 Å². The van der Waals surface area contributed by atoms with Gasteiger partial charge in [0.05, 0.1) is 5.92 Å². The second-order valence-corrected chi connectivity index (χ2v) is 4.28. The first-order valence-electron chi connectivity index (χ1n) is 5.41. The molecule has 2 aliphatic rings. The van der Waals surface area contributed by atoms with Gasteiger partial charge in [-0.05, 0) is 25.8 Å². The van der Waals surface area contributed by atoms with E-state index in [1.54, 1.807) is 4.90 Å². The first-order valence-corrected chi connectivity index (χ1v) is 5.41. The maximum Gasteiger partial charge on any atom is 0.323 e. The highest BCUT2D eigenvalue weighted by Gasteiger charge is 2.37. The highest BCUT2D eigenvalue weighted by Crippen LogP contribution is 2.28. The predicted octanol–water partition coefficient (Wildman–Crippen LogP) is -0.329. The zero-order valence-electron chi connectivity index (χ0n) is 8.61. The van der Waals surface area contributed by atoms with Crippen molar-refractivity contribution in [2.24, 2.45) is 5.92 Å². The molecule has 2 N–H and O–H groups in total. The third-order valence-corrected chi connectivity index (χ3v) is 2.99. The van der Waals surface area contributed by atoms with Gasteiger partial charge in [-0.2, -0.15) is 0 Å². The fraction of sp³-hybridized carbons (Fsp3) is 0.800. The Hall–Kier alpha value is -1.10. The van der Waals surface area contributed by atoms with Crippen molar-refractivity contribution in [3.63, 3.8) is 0 Å². The molecule has 5 nitrogen and oxygen atoms in total. The second kappa shape index (κ2) is 4.18. The van der Waals surface area contributed by atoms with Crippen LogP contribution in [-0.2, 0) is 9.59 Å². The number of nitrogens with one attached hydrogen (secondary N) is 1. The summed E-state index contributed by atoms with van der Waals surface area (Å²) in [6, 6.07) is 0.189. The molecule has 84 valence electrons. The van der Waals surface area contributed by atoms with Crippen LogP contribution in [-0.4, -0.2) is 47.6 Å². The van der Waals surface area contributed by atoms with Crippen molar-refractivity contribution >= 4 is 11.9 Å². The maximum absolute atomic E-state index is 12.0. The van der Waals surface area contributed by atoms with Gasteiger partial charge in [0, 0.05) is 12.6 Å². The molecule has 1 saturated heterocycles. The van der Waals surface area contributed by atoms with Crippen molar-refractivity contribution in [2.45, 2.75) is 25.3 Å². The molecule has 1 heterocycles. The molecule has 1 amide bonds. The summed E-state index contributed by atoms with van der Waals surface area (Å²) in [6.07, 6.45) is 2.75. The van der Waals surface area contributed by atoms with E-state index < -0.39 is 5.97 Å². The number of nitrogens with zero attached hydrogens (tertiary/aromatic N) is 1. The van der Waals surface area contributed by atoms with Crippen molar-refractivity contribution in [1.82, 2.24) is 10.2 Å². The normalized spacial score (nSPS) is 25.2. The van der Waals surface area contributed by atoms with E-state index in [4.69, 9.17) is 5.11 Å². The number of hydrogen-bond acceptors (Lipinski definition) is 3. The average molecular weight is 212 g/mol. The van der Waals surface area contributed by atoms with Crippen molar-refractivity contribution < 1.29 is 14.7 Å². The molecular formula is C10H16N2O3. The summed E-state index contributed by atoms with van der Waals surface area (Å²) in [5, 5.41) is 11.9. The third kappa shape index (κ3) is 2.47. The monoisotopic (exact) mass is 212 g/mol. The summed E-state index contributed by atoms with van der Waals surface area (Å²) in [7, 11) is 0. The fourth-order valence-electron chi connectivity index (χ4n) is 2.02. The number of rotatable bonds is 4. The first kappa shape index (κ1) is 10.4. The van der Waals surface area contributed by atoms with E-state index in [-0.39, 0.29) is 24.4 Å². The van der Waals surface area contributed by atoms with E-state index in [9.17, 15) is 9.59 Å².